The molecule has 0 fully saturated rings. The Hall–Kier alpha value is -2.87. The average molecular weight is 431 g/mol. The largest absolute Gasteiger partial charge is 0.464 e. The summed E-state index contributed by atoms with van der Waals surface area (Å²) in [5.74, 6) is 5.34. The summed E-state index contributed by atoms with van der Waals surface area (Å²) in [7, 11) is 5.23. The van der Waals surface area contributed by atoms with Crippen molar-refractivity contribution in [2.24, 2.45) is 10.3 Å². The van der Waals surface area contributed by atoms with Crippen molar-refractivity contribution < 1.29 is 19.2 Å². The molecule has 0 heterocycles. The number of oxime groups is 2. The monoisotopic (exact) mass is 430 g/mol. The molecule has 2 aromatic carbocycles. The van der Waals surface area contributed by atoms with E-state index in [4.69, 9.17) is 26.0 Å². The first-order chi connectivity index (χ1) is 14.0. The quantitative estimate of drug-likeness (QED) is 0.232. The second kappa shape index (κ2) is 11.2. The molecule has 8 heteroatoms. The van der Waals surface area contributed by atoms with E-state index >= 15 is 0 Å². The lowest BCUT2D eigenvalue weighted by Crippen LogP contribution is -2.19. The molecule has 29 heavy (non-hydrogen) atoms. The van der Waals surface area contributed by atoms with Crippen LogP contribution in [0.2, 0.25) is 5.02 Å². The van der Waals surface area contributed by atoms with E-state index in [0.29, 0.717) is 21.9 Å². The standard InChI is InChI=1S/C21H20ClN2O4P/c1-14(8-9-15-10-11-17(22)12-19(15)29)23-28-13-16-6-4-5-7-18(16)20(24-27-3)21(25)26-2/h4-7,10-12H,13,29H2,1-3H3/b23-14+,24-20+. The fourth-order valence-electron chi connectivity index (χ4n) is 2.29. The second-order valence-electron chi connectivity index (χ2n) is 5.70. The highest BCUT2D eigenvalue weighted by atomic mass is 35.5. The molecule has 0 N–H and O–H groups in total. The number of carbonyl (C=O) groups is 1. The molecule has 0 spiro atoms. The predicted octanol–water partition coefficient (Wildman–Crippen LogP) is 3.31. The van der Waals surface area contributed by atoms with E-state index in [1.54, 1.807) is 31.2 Å². The van der Waals surface area contributed by atoms with Crippen molar-refractivity contribution in [3.8, 4) is 11.8 Å². The van der Waals surface area contributed by atoms with Gasteiger partial charge in [-0.2, -0.15) is 0 Å². The van der Waals surface area contributed by atoms with Gasteiger partial charge >= 0.3 is 5.97 Å². The van der Waals surface area contributed by atoms with Gasteiger partial charge < -0.3 is 14.4 Å². The normalized spacial score (nSPS) is 11.3. The SMILES string of the molecule is CO/N=C(/C(=O)OC)c1ccccc1CO/N=C(\C)C#Cc1ccc(Cl)cc1P. The van der Waals surface area contributed by atoms with E-state index in [1.807, 2.05) is 18.2 Å². The van der Waals surface area contributed by atoms with Crippen LogP contribution in [-0.4, -0.2) is 31.6 Å². The molecule has 0 aromatic heterocycles. The van der Waals surface area contributed by atoms with Gasteiger partial charge in [0, 0.05) is 21.7 Å². The van der Waals surface area contributed by atoms with Crippen LogP contribution < -0.4 is 5.30 Å². The number of methoxy groups -OCH3 is 1. The molecule has 0 aliphatic heterocycles. The van der Waals surface area contributed by atoms with E-state index in [0.717, 1.165) is 10.9 Å². The maximum absolute atomic E-state index is 12.0. The topological polar surface area (TPSA) is 69.5 Å². The smallest absolute Gasteiger partial charge is 0.360 e. The molecule has 0 bridgehead atoms. The summed E-state index contributed by atoms with van der Waals surface area (Å²) in [5, 5.41) is 9.33. The van der Waals surface area contributed by atoms with E-state index in [1.165, 1.54) is 14.2 Å². The van der Waals surface area contributed by atoms with Crippen LogP contribution in [0.3, 0.4) is 0 Å². The van der Waals surface area contributed by atoms with Gasteiger partial charge in [0.1, 0.15) is 19.4 Å². The van der Waals surface area contributed by atoms with Crippen molar-refractivity contribution in [3.63, 3.8) is 0 Å². The number of nitrogens with zero attached hydrogens (tertiary/aromatic N) is 2. The van der Waals surface area contributed by atoms with E-state index in [-0.39, 0.29) is 12.3 Å². The molecule has 2 rings (SSSR count). The highest BCUT2D eigenvalue weighted by Gasteiger charge is 2.19. The van der Waals surface area contributed by atoms with Gasteiger partial charge in [-0.1, -0.05) is 52.1 Å². The number of benzene rings is 2. The van der Waals surface area contributed by atoms with Gasteiger partial charge in [0.05, 0.1) is 7.11 Å². The number of halogens is 1. The van der Waals surface area contributed by atoms with Gasteiger partial charge in [-0.05, 0) is 36.3 Å². The van der Waals surface area contributed by atoms with Crippen molar-refractivity contribution in [1.29, 1.82) is 0 Å². The van der Waals surface area contributed by atoms with Crippen LogP contribution in [0, 0.1) is 11.8 Å². The van der Waals surface area contributed by atoms with Crippen molar-refractivity contribution in [2.45, 2.75) is 13.5 Å². The zero-order chi connectivity index (χ0) is 21.2. The minimum atomic E-state index is -0.610. The zero-order valence-corrected chi connectivity index (χ0v) is 18.1. The van der Waals surface area contributed by atoms with Crippen LogP contribution in [-0.2, 0) is 25.8 Å². The predicted molar refractivity (Wildman–Crippen MR) is 118 cm³/mol. The van der Waals surface area contributed by atoms with Crippen LogP contribution in [0.15, 0.2) is 52.8 Å². The summed E-state index contributed by atoms with van der Waals surface area (Å²) in [4.78, 5) is 22.1. The number of hydrogen-bond acceptors (Lipinski definition) is 6. The third-order valence-corrected chi connectivity index (χ3v) is 4.36. The summed E-state index contributed by atoms with van der Waals surface area (Å²) in [6, 6.07) is 12.6. The molecule has 6 nitrogen and oxygen atoms in total. The average Bonchev–Trinajstić information content (AvgIpc) is 2.71. The molecule has 0 aliphatic rings. The first-order valence-corrected chi connectivity index (χ1v) is 9.43. The second-order valence-corrected chi connectivity index (χ2v) is 6.76. The fraction of sp³-hybridized carbons (Fsp3) is 0.190. The van der Waals surface area contributed by atoms with Crippen LogP contribution in [0.5, 0.6) is 0 Å². The van der Waals surface area contributed by atoms with Gasteiger partial charge in [-0.25, -0.2) is 4.79 Å². The van der Waals surface area contributed by atoms with Crippen LogP contribution in [0.4, 0.5) is 0 Å². The van der Waals surface area contributed by atoms with Gasteiger partial charge in [-0.3, -0.25) is 0 Å². The number of esters is 1. The summed E-state index contributed by atoms with van der Waals surface area (Å²) in [6.45, 7) is 1.86. The summed E-state index contributed by atoms with van der Waals surface area (Å²) >= 11 is 5.94. The number of hydrogen-bond donors (Lipinski definition) is 0. The Bertz CT molecular complexity index is 1010. The molecular weight excluding hydrogens is 411 g/mol. The maximum atomic E-state index is 12.0. The number of carbonyl (C=O) groups excluding carboxylic acids is 1. The summed E-state index contributed by atoms with van der Waals surface area (Å²) in [5.41, 5.74) is 2.61. The molecule has 150 valence electrons. The van der Waals surface area contributed by atoms with E-state index in [2.05, 4.69) is 31.4 Å². The molecule has 1 atom stereocenters. The minimum Gasteiger partial charge on any atom is -0.464 e. The molecule has 0 saturated carbocycles. The first-order valence-electron chi connectivity index (χ1n) is 8.47. The Kier molecular flexibility index (Phi) is 8.67. The highest BCUT2D eigenvalue weighted by molar-refractivity contribution is 7.27. The van der Waals surface area contributed by atoms with Crippen molar-refractivity contribution in [2.75, 3.05) is 14.2 Å². The number of ether oxygens (including phenoxy) is 1. The van der Waals surface area contributed by atoms with Gasteiger partial charge in [0.2, 0.25) is 0 Å². The molecule has 0 saturated heterocycles. The van der Waals surface area contributed by atoms with Gasteiger partial charge in [0.15, 0.2) is 5.71 Å². The first kappa shape index (κ1) is 22.4. The lowest BCUT2D eigenvalue weighted by atomic mass is 10.0. The van der Waals surface area contributed by atoms with Crippen LogP contribution in [0.1, 0.15) is 23.6 Å². The third kappa shape index (κ3) is 6.60. The summed E-state index contributed by atoms with van der Waals surface area (Å²) in [6.07, 6.45) is 0. The highest BCUT2D eigenvalue weighted by Crippen LogP contribution is 2.13. The lowest BCUT2D eigenvalue weighted by molar-refractivity contribution is -0.132. The Balaban J connectivity index is 2.14. The molecule has 2 aromatic rings. The Labute approximate surface area is 177 Å². The van der Waals surface area contributed by atoms with Gasteiger partial charge in [-0.15, -0.1) is 9.24 Å². The van der Waals surface area contributed by atoms with Crippen molar-refractivity contribution in [3.05, 3.63) is 64.2 Å². The van der Waals surface area contributed by atoms with Crippen LogP contribution >= 0.6 is 20.8 Å². The Morgan fingerprint density at radius 2 is 1.93 bits per heavy atom. The lowest BCUT2D eigenvalue weighted by Gasteiger charge is -2.09. The van der Waals surface area contributed by atoms with Gasteiger partial charge in [0.25, 0.3) is 0 Å². The molecule has 0 amide bonds. The van der Waals surface area contributed by atoms with E-state index in [9.17, 15) is 4.79 Å². The molecule has 0 radical (unpaired) electrons. The van der Waals surface area contributed by atoms with Crippen molar-refractivity contribution in [1.82, 2.24) is 0 Å². The fourth-order valence-corrected chi connectivity index (χ4v) is 2.92. The zero-order valence-electron chi connectivity index (χ0n) is 16.2. The van der Waals surface area contributed by atoms with E-state index < -0.39 is 5.97 Å². The van der Waals surface area contributed by atoms with Crippen LogP contribution in [0.25, 0.3) is 0 Å². The maximum Gasteiger partial charge on any atom is 0.360 e. The molecule has 1 unspecified atom stereocenters. The Morgan fingerprint density at radius 1 is 1.17 bits per heavy atom. The minimum absolute atomic E-state index is 0.0467. The molecular formula is C21H20ClN2O4P. The van der Waals surface area contributed by atoms with Crippen molar-refractivity contribution >= 4 is 43.5 Å². The number of rotatable bonds is 6. The molecule has 0 aliphatic carbocycles. The summed E-state index contributed by atoms with van der Waals surface area (Å²) < 4.78 is 4.76. The third-order valence-electron chi connectivity index (χ3n) is 3.65. The Morgan fingerprint density at radius 3 is 2.62 bits per heavy atom.